The van der Waals surface area contributed by atoms with Gasteiger partial charge in [-0.15, -0.1) is 0 Å². The summed E-state index contributed by atoms with van der Waals surface area (Å²) in [6.07, 6.45) is -2.88. The van der Waals surface area contributed by atoms with Gasteiger partial charge in [-0.05, 0) is 31.2 Å². The summed E-state index contributed by atoms with van der Waals surface area (Å²) < 4.78 is 45.0. The molecule has 2 aromatic carbocycles. The van der Waals surface area contributed by atoms with Crippen LogP contribution in [0.1, 0.15) is 12.5 Å². The Labute approximate surface area is 204 Å². The molecule has 1 N–H and O–H groups in total. The number of ether oxygens (including phenoxy) is 1. The molecule has 4 aromatic rings. The van der Waals surface area contributed by atoms with E-state index in [0.717, 1.165) is 36.5 Å². The number of aromatic amines is 1. The van der Waals surface area contributed by atoms with Crippen molar-refractivity contribution in [3.63, 3.8) is 0 Å². The average Bonchev–Trinajstić information content (AvgIpc) is 3.34. The van der Waals surface area contributed by atoms with E-state index in [1.165, 1.54) is 6.07 Å². The fraction of sp³-hybridized carbons (Fsp3) is 0.292. The quantitative estimate of drug-likeness (QED) is 0.378. The van der Waals surface area contributed by atoms with Crippen LogP contribution in [0.15, 0.2) is 48.7 Å². The lowest BCUT2D eigenvalue weighted by atomic mass is 10.1. The molecule has 0 saturated carbocycles. The number of nitrogens with zero attached hydrogens (tertiary/aromatic N) is 5. The van der Waals surface area contributed by atoms with Crippen molar-refractivity contribution in [1.82, 2.24) is 20.2 Å². The lowest BCUT2D eigenvalue weighted by Crippen LogP contribution is -2.36. The first-order valence-electron chi connectivity index (χ1n) is 11.1. The number of morpholine rings is 1. The monoisotopic (exact) mass is 502 g/mol. The van der Waals surface area contributed by atoms with Gasteiger partial charge in [0.1, 0.15) is 16.7 Å². The molecule has 1 aliphatic heterocycles. The Balaban J connectivity index is 1.63. The summed E-state index contributed by atoms with van der Waals surface area (Å²) in [5.74, 6) is 0.315. The Kier molecular flexibility index (Phi) is 6.24. The summed E-state index contributed by atoms with van der Waals surface area (Å²) in [4.78, 5) is 13.4. The number of hydrogen-bond donors (Lipinski definition) is 1. The molecule has 0 atom stereocenters. The van der Waals surface area contributed by atoms with Gasteiger partial charge >= 0.3 is 6.18 Å². The molecule has 0 spiro atoms. The van der Waals surface area contributed by atoms with Gasteiger partial charge in [0, 0.05) is 30.9 Å². The minimum Gasteiger partial charge on any atom is -0.378 e. The van der Waals surface area contributed by atoms with Crippen molar-refractivity contribution in [3.05, 3.63) is 59.2 Å². The molecule has 7 nitrogen and oxygen atoms in total. The van der Waals surface area contributed by atoms with Crippen LogP contribution >= 0.6 is 11.6 Å². The maximum Gasteiger partial charge on any atom is 0.416 e. The van der Waals surface area contributed by atoms with Crippen LogP contribution in [0.4, 0.5) is 30.5 Å². The van der Waals surface area contributed by atoms with Crippen molar-refractivity contribution in [3.8, 4) is 11.3 Å². The van der Waals surface area contributed by atoms with E-state index in [9.17, 15) is 13.2 Å². The molecule has 0 radical (unpaired) electrons. The zero-order valence-corrected chi connectivity index (χ0v) is 19.6. The molecule has 182 valence electrons. The second kappa shape index (κ2) is 9.35. The highest BCUT2D eigenvalue weighted by atomic mass is 35.5. The predicted octanol–water partition coefficient (Wildman–Crippen LogP) is 5.69. The molecular weight excluding hydrogens is 481 g/mol. The van der Waals surface area contributed by atoms with Crippen molar-refractivity contribution in [2.24, 2.45) is 0 Å². The highest BCUT2D eigenvalue weighted by Crippen LogP contribution is 2.39. The van der Waals surface area contributed by atoms with E-state index in [4.69, 9.17) is 21.3 Å². The molecule has 1 aliphatic rings. The summed E-state index contributed by atoms with van der Waals surface area (Å²) in [6.45, 7) is 5.03. The molecular formula is C24H22ClF3N6O. The van der Waals surface area contributed by atoms with Crippen LogP contribution in [0, 0.1) is 0 Å². The Morgan fingerprint density at radius 1 is 1.11 bits per heavy atom. The van der Waals surface area contributed by atoms with Crippen LogP contribution in [0.3, 0.4) is 0 Å². The van der Waals surface area contributed by atoms with Gasteiger partial charge in [-0.3, -0.25) is 5.10 Å². The molecule has 5 rings (SSSR count). The number of H-pyrrole nitrogens is 1. The summed E-state index contributed by atoms with van der Waals surface area (Å²) in [7, 11) is 0. The van der Waals surface area contributed by atoms with E-state index < -0.39 is 11.7 Å². The molecule has 35 heavy (non-hydrogen) atoms. The third kappa shape index (κ3) is 4.51. The van der Waals surface area contributed by atoms with Gasteiger partial charge in [0.25, 0.3) is 0 Å². The number of hydrogen-bond acceptors (Lipinski definition) is 6. The fourth-order valence-corrected chi connectivity index (χ4v) is 4.50. The molecule has 1 fully saturated rings. The lowest BCUT2D eigenvalue weighted by molar-refractivity contribution is -0.137. The summed E-state index contributed by atoms with van der Waals surface area (Å²) in [5, 5.41) is 7.11. The molecule has 2 aromatic heterocycles. The topological polar surface area (TPSA) is 70.2 Å². The van der Waals surface area contributed by atoms with Crippen LogP contribution in [-0.2, 0) is 10.9 Å². The van der Waals surface area contributed by atoms with Crippen molar-refractivity contribution >= 4 is 40.0 Å². The molecule has 0 unspecified atom stereocenters. The fourth-order valence-electron chi connectivity index (χ4n) is 4.22. The first-order chi connectivity index (χ1) is 16.9. The smallest absolute Gasteiger partial charge is 0.378 e. The van der Waals surface area contributed by atoms with Crippen LogP contribution in [0.25, 0.3) is 22.3 Å². The van der Waals surface area contributed by atoms with Crippen LogP contribution in [-0.4, -0.2) is 53.0 Å². The summed E-state index contributed by atoms with van der Waals surface area (Å²) in [5.41, 5.74) is 3.37. The SMILES string of the molecule is CCN(c1nc(-c2ccccc2N2CCOCC2)c2[nH]ncc2n1)c1ccc(C(F)(F)F)cc1Cl. The standard InChI is InChI=1S/C24H22ClF3N6O/c1-2-34(20-8-7-15(13-17(20)25)24(26,27)28)23-30-18-14-29-32-22(18)21(31-23)16-5-3-4-6-19(16)33-9-11-35-12-10-33/h3-8,13-14H,2,9-12H2,1H3,(H,29,32). The number of fused-ring (bicyclic) bond motifs is 1. The number of para-hydroxylation sites is 1. The zero-order chi connectivity index (χ0) is 24.6. The summed E-state index contributed by atoms with van der Waals surface area (Å²) >= 11 is 6.31. The molecule has 0 aliphatic carbocycles. The zero-order valence-electron chi connectivity index (χ0n) is 18.8. The van der Waals surface area contributed by atoms with Gasteiger partial charge in [0.2, 0.25) is 5.95 Å². The van der Waals surface area contributed by atoms with E-state index in [0.29, 0.717) is 48.1 Å². The highest BCUT2D eigenvalue weighted by Gasteiger charge is 2.31. The largest absolute Gasteiger partial charge is 0.416 e. The number of rotatable bonds is 5. The van der Waals surface area contributed by atoms with E-state index in [1.807, 2.05) is 31.2 Å². The number of alkyl halides is 3. The minimum atomic E-state index is -4.48. The van der Waals surface area contributed by atoms with E-state index in [2.05, 4.69) is 20.1 Å². The predicted molar refractivity (Wildman–Crippen MR) is 129 cm³/mol. The maximum absolute atomic E-state index is 13.2. The normalized spacial score (nSPS) is 14.5. The third-order valence-electron chi connectivity index (χ3n) is 5.92. The third-order valence-corrected chi connectivity index (χ3v) is 6.23. The van der Waals surface area contributed by atoms with Crippen LogP contribution < -0.4 is 9.80 Å². The van der Waals surface area contributed by atoms with Crippen molar-refractivity contribution in [2.75, 3.05) is 42.6 Å². The summed E-state index contributed by atoms with van der Waals surface area (Å²) in [6, 6.07) is 11.2. The average molecular weight is 503 g/mol. The second-order valence-corrected chi connectivity index (χ2v) is 8.43. The molecule has 0 bridgehead atoms. The van der Waals surface area contributed by atoms with E-state index in [1.54, 1.807) is 11.1 Å². The minimum absolute atomic E-state index is 0.0344. The highest BCUT2D eigenvalue weighted by molar-refractivity contribution is 6.33. The van der Waals surface area contributed by atoms with Gasteiger partial charge in [-0.2, -0.15) is 18.3 Å². The molecule has 3 heterocycles. The molecule has 1 saturated heterocycles. The van der Waals surface area contributed by atoms with Crippen molar-refractivity contribution in [2.45, 2.75) is 13.1 Å². The molecule has 0 amide bonds. The van der Waals surface area contributed by atoms with Crippen LogP contribution in [0.2, 0.25) is 5.02 Å². The van der Waals surface area contributed by atoms with Crippen molar-refractivity contribution in [1.29, 1.82) is 0 Å². The maximum atomic E-state index is 13.2. The Bertz CT molecular complexity index is 1350. The molecule has 11 heteroatoms. The second-order valence-electron chi connectivity index (χ2n) is 8.03. The van der Waals surface area contributed by atoms with Gasteiger partial charge in [0.15, 0.2) is 0 Å². The lowest BCUT2D eigenvalue weighted by Gasteiger charge is -2.30. The first-order valence-corrected chi connectivity index (χ1v) is 11.5. The number of anilines is 3. The van der Waals surface area contributed by atoms with Gasteiger partial charge in [0.05, 0.1) is 35.7 Å². The Morgan fingerprint density at radius 2 is 1.89 bits per heavy atom. The Morgan fingerprint density at radius 3 is 2.60 bits per heavy atom. The Hall–Kier alpha value is -3.37. The number of halogens is 4. The van der Waals surface area contributed by atoms with Gasteiger partial charge < -0.3 is 14.5 Å². The van der Waals surface area contributed by atoms with Crippen LogP contribution in [0.5, 0.6) is 0 Å². The first kappa shape index (κ1) is 23.4. The van der Waals surface area contributed by atoms with Gasteiger partial charge in [-0.25, -0.2) is 9.97 Å². The number of aromatic nitrogens is 4. The van der Waals surface area contributed by atoms with E-state index >= 15 is 0 Å². The number of benzene rings is 2. The van der Waals surface area contributed by atoms with Crippen molar-refractivity contribution < 1.29 is 17.9 Å². The number of nitrogens with one attached hydrogen (secondary N) is 1. The van der Waals surface area contributed by atoms with E-state index in [-0.39, 0.29) is 5.02 Å². The van der Waals surface area contributed by atoms with Gasteiger partial charge in [-0.1, -0.05) is 29.8 Å².